The molecule has 0 aliphatic carbocycles. The summed E-state index contributed by atoms with van der Waals surface area (Å²) in [6, 6.07) is 5.87. The molecule has 0 spiro atoms. The van der Waals surface area contributed by atoms with E-state index in [0.717, 1.165) is 23.5 Å². The molecule has 2 aromatic rings. The molecule has 0 amide bonds. The van der Waals surface area contributed by atoms with Crippen LogP contribution in [0.1, 0.15) is 19.4 Å². The predicted octanol–water partition coefficient (Wildman–Crippen LogP) is 2.88. The van der Waals surface area contributed by atoms with Crippen molar-refractivity contribution in [2.24, 2.45) is 0 Å². The van der Waals surface area contributed by atoms with Crippen LogP contribution in [0.3, 0.4) is 0 Å². The third-order valence-corrected chi connectivity index (χ3v) is 3.51. The lowest BCUT2D eigenvalue weighted by atomic mass is 10.1. The van der Waals surface area contributed by atoms with Gasteiger partial charge in [-0.2, -0.15) is 5.10 Å². The number of H-pyrrole nitrogens is 1. The molecule has 0 aliphatic heterocycles. The van der Waals surface area contributed by atoms with Crippen molar-refractivity contribution in [1.82, 2.24) is 10.2 Å². The topological polar surface area (TPSA) is 76.2 Å². The number of hydrogen-bond acceptors (Lipinski definition) is 5. The number of ether oxygens (including phenoxy) is 2. The molecule has 2 rings (SSSR count). The Morgan fingerprint density at radius 2 is 1.96 bits per heavy atom. The number of benzene rings is 1. The van der Waals surface area contributed by atoms with Crippen LogP contribution in [0.2, 0.25) is 5.02 Å². The van der Waals surface area contributed by atoms with Crippen molar-refractivity contribution < 1.29 is 9.47 Å². The zero-order chi connectivity index (χ0) is 16.7. The third-order valence-electron chi connectivity index (χ3n) is 3.13. The van der Waals surface area contributed by atoms with Crippen LogP contribution < -0.4 is 20.3 Å². The normalized spacial score (nSPS) is 10.4. The summed E-state index contributed by atoms with van der Waals surface area (Å²) in [5.74, 6) is 1.48. The van der Waals surface area contributed by atoms with Gasteiger partial charge in [-0.25, -0.2) is 5.10 Å². The fourth-order valence-electron chi connectivity index (χ4n) is 2.10. The first kappa shape index (κ1) is 17.1. The number of hydrogen-bond donors (Lipinski definition) is 2. The monoisotopic (exact) mass is 337 g/mol. The van der Waals surface area contributed by atoms with E-state index in [0.29, 0.717) is 25.4 Å². The van der Waals surface area contributed by atoms with E-state index in [1.165, 1.54) is 6.20 Å². The molecule has 1 aromatic heterocycles. The highest BCUT2D eigenvalue weighted by Gasteiger charge is 2.07. The second-order valence-electron chi connectivity index (χ2n) is 4.75. The Hall–Kier alpha value is -2.21. The van der Waals surface area contributed by atoms with Gasteiger partial charge >= 0.3 is 0 Å². The molecule has 7 heteroatoms. The number of halogens is 1. The maximum absolute atomic E-state index is 11.4. The summed E-state index contributed by atoms with van der Waals surface area (Å²) < 4.78 is 11.2. The van der Waals surface area contributed by atoms with E-state index in [1.807, 2.05) is 32.0 Å². The van der Waals surface area contributed by atoms with Crippen LogP contribution in [0.4, 0.5) is 5.69 Å². The van der Waals surface area contributed by atoms with Crippen molar-refractivity contribution in [2.45, 2.75) is 20.3 Å². The van der Waals surface area contributed by atoms with Gasteiger partial charge in [0.1, 0.15) is 5.02 Å². The van der Waals surface area contributed by atoms with Gasteiger partial charge < -0.3 is 14.8 Å². The van der Waals surface area contributed by atoms with Crippen molar-refractivity contribution in [1.29, 1.82) is 0 Å². The first-order valence-corrected chi connectivity index (χ1v) is 7.89. The molecule has 2 N–H and O–H groups in total. The Labute approximate surface area is 139 Å². The third kappa shape index (κ3) is 4.63. The average molecular weight is 338 g/mol. The quantitative estimate of drug-likeness (QED) is 0.774. The standard InChI is InChI=1S/C16H20ClN3O3/c1-3-22-13-6-5-11(9-14(13)23-4-2)7-8-18-12-10-19-20-16(21)15(12)17/h5-6,9-10H,3-4,7-8H2,1-2H3,(H2,18,20,21). The molecule has 0 bridgehead atoms. The Kier molecular flexibility index (Phi) is 6.29. The molecule has 0 atom stereocenters. The summed E-state index contributed by atoms with van der Waals surface area (Å²) in [5.41, 5.74) is 1.21. The summed E-state index contributed by atoms with van der Waals surface area (Å²) in [5, 5.41) is 9.22. The Morgan fingerprint density at radius 3 is 2.70 bits per heavy atom. The Morgan fingerprint density at radius 1 is 1.22 bits per heavy atom. The van der Waals surface area contributed by atoms with Crippen LogP contribution in [0.5, 0.6) is 11.5 Å². The predicted molar refractivity (Wildman–Crippen MR) is 90.8 cm³/mol. The fraction of sp³-hybridized carbons (Fsp3) is 0.375. The highest BCUT2D eigenvalue weighted by Crippen LogP contribution is 2.28. The number of aromatic nitrogens is 2. The lowest BCUT2D eigenvalue weighted by molar-refractivity contribution is 0.287. The molecular formula is C16H20ClN3O3. The van der Waals surface area contributed by atoms with Gasteiger partial charge in [-0.15, -0.1) is 0 Å². The molecule has 6 nitrogen and oxygen atoms in total. The van der Waals surface area contributed by atoms with Crippen molar-refractivity contribution in [3.05, 3.63) is 45.3 Å². The van der Waals surface area contributed by atoms with Gasteiger partial charge in [0.05, 0.1) is 25.1 Å². The van der Waals surface area contributed by atoms with Crippen molar-refractivity contribution >= 4 is 17.3 Å². The van der Waals surface area contributed by atoms with Gasteiger partial charge in [-0.1, -0.05) is 17.7 Å². The van der Waals surface area contributed by atoms with Gasteiger partial charge in [0, 0.05) is 6.54 Å². The van der Waals surface area contributed by atoms with E-state index >= 15 is 0 Å². The van der Waals surface area contributed by atoms with Crippen LogP contribution in [-0.4, -0.2) is 30.0 Å². The van der Waals surface area contributed by atoms with Crippen molar-refractivity contribution in [2.75, 3.05) is 25.1 Å². The highest BCUT2D eigenvalue weighted by molar-refractivity contribution is 6.32. The zero-order valence-corrected chi connectivity index (χ0v) is 13.9. The largest absolute Gasteiger partial charge is 0.490 e. The zero-order valence-electron chi connectivity index (χ0n) is 13.2. The Bertz CT molecular complexity index is 703. The first-order chi connectivity index (χ1) is 11.2. The molecule has 124 valence electrons. The molecule has 23 heavy (non-hydrogen) atoms. The SMILES string of the molecule is CCOc1ccc(CCNc2cn[nH]c(=O)c2Cl)cc1OCC. The lowest BCUT2D eigenvalue weighted by Crippen LogP contribution is -2.13. The van der Waals surface area contributed by atoms with Gasteiger partial charge in [-0.05, 0) is 38.0 Å². The molecule has 0 radical (unpaired) electrons. The molecule has 1 aromatic carbocycles. The molecule has 0 fully saturated rings. The van der Waals surface area contributed by atoms with E-state index in [-0.39, 0.29) is 5.02 Å². The molecule has 0 saturated heterocycles. The number of nitrogens with zero attached hydrogens (tertiary/aromatic N) is 1. The molecule has 0 aliphatic rings. The second-order valence-corrected chi connectivity index (χ2v) is 5.13. The molecule has 0 saturated carbocycles. The van der Waals surface area contributed by atoms with E-state index in [2.05, 4.69) is 15.5 Å². The van der Waals surface area contributed by atoms with E-state index in [9.17, 15) is 4.79 Å². The molecule has 1 heterocycles. The Balaban J connectivity index is 2.01. The van der Waals surface area contributed by atoms with Crippen LogP contribution in [0, 0.1) is 0 Å². The lowest BCUT2D eigenvalue weighted by Gasteiger charge is -2.13. The minimum atomic E-state index is -0.406. The summed E-state index contributed by atoms with van der Waals surface area (Å²) in [7, 11) is 0. The average Bonchev–Trinajstić information content (AvgIpc) is 2.54. The van der Waals surface area contributed by atoms with E-state index < -0.39 is 5.56 Å². The molecule has 0 unspecified atom stereocenters. The van der Waals surface area contributed by atoms with Crippen LogP contribution in [0.15, 0.2) is 29.2 Å². The van der Waals surface area contributed by atoms with Crippen LogP contribution in [-0.2, 0) is 6.42 Å². The van der Waals surface area contributed by atoms with Crippen molar-refractivity contribution in [3.8, 4) is 11.5 Å². The van der Waals surface area contributed by atoms with Gasteiger partial charge in [0.15, 0.2) is 11.5 Å². The van der Waals surface area contributed by atoms with Crippen molar-refractivity contribution in [3.63, 3.8) is 0 Å². The minimum absolute atomic E-state index is 0.113. The summed E-state index contributed by atoms with van der Waals surface area (Å²) in [6.45, 7) is 5.66. The van der Waals surface area contributed by atoms with Crippen LogP contribution in [0.25, 0.3) is 0 Å². The number of rotatable bonds is 8. The summed E-state index contributed by atoms with van der Waals surface area (Å²) in [6.07, 6.45) is 2.24. The summed E-state index contributed by atoms with van der Waals surface area (Å²) >= 11 is 5.91. The van der Waals surface area contributed by atoms with E-state index in [4.69, 9.17) is 21.1 Å². The van der Waals surface area contributed by atoms with Gasteiger partial charge in [0.2, 0.25) is 0 Å². The number of nitrogens with one attached hydrogen (secondary N) is 2. The number of anilines is 1. The number of aromatic amines is 1. The minimum Gasteiger partial charge on any atom is -0.490 e. The van der Waals surface area contributed by atoms with Crippen LogP contribution >= 0.6 is 11.6 Å². The highest BCUT2D eigenvalue weighted by atomic mass is 35.5. The maximum Gasteiger partial charge on any atom is 0.285 e. The fourth-order valence-corrected chi connectivity index (χ4v) is 2.26. The first-order valence-electron chi connectivity index (χ1n) is 7.51. The smallest absolute Gasteiger partial charge is 0.285 e. The maximum atomic E-state index is 11.4. The summed E-state index contributed by atoms with van der Waals surface area (Å²) in [4.78, 5) is 11.4. The van der Waals surface area contributed by atoms with Gasteiger partial charge in [0.25, 0.3) is 5.56 Å². The second kappa shape index (κ2) is 8.43. The van der Waals surface area contributed by atoms with Gasteiger partial charge in [-0.3, -0.25) is 4.79 Å². The molecular weight excluding hydrogens is 318 g/mol. The van der Waals surface area contributed by atoms with E-state index in [1.54, 1.807) is 0 Å².